The zero-order chi connectivity index (χ0) is 21.4. The highest BCUT2D eigenvalue weighted by Crippen LogP contribution is 2.33. The Morgan fingerprint density at radius 1 is 1.18 bits per heavy atom. The fourth-order valence-corrected chi connectivity index (χ4v) is 2.39. The van der Waals surface area contributed by atoms with Gasteiger partial charge in [-0.3, -0.25) is 9.59 Å². The minimum absolute atomic E-state index is 0.0818. The molecule has 1 heterocycles. The third kappa shape index (κ3) is 3.75. The number of benzene rings is 1. The van der Waals surface area contributed by atoms with E-state index in [1.807, 2.05) is 0 Å². The van der Waals surface area contributed by atoms with Gasteiger partial charge in [-0.15, -0.1) is 0 Å². The van der Waals surface area contributed by atoms with Gasteiger partial charge in [0.2, 0.25) is 5.43 Å². The van der Waals surface area contributed by atoms with Crippen molar-refractivity contribution in [3.63, 3.8) is 0 Å². The molecule has 1 N–H and O–H groups in total. The van der Waals surface area contributed by atoms with E-state index in [-0.39, 0.29) is 11.4 Å². The molecule has 0 atom stereocenters. The summed E-state index contributed by atoms with van der Waals surface area (Å²) in [5.74, 6) is -2.34. The molecule has 0 aliphatic heterocycles. The molecule has 7 nitrogen and oxygen atoms in total. The number of carbonyl (C=O) groups excluding carboxylic acids is 1. The summed E-state index contributed by atoms with van der Waals surface area (Å²) in [6, 6.07) is 5.57. The molecule has 1 aromatic heterocycles. The van der Waals surface area contributed by atoms with Gasteiger partial charge in [-0.1, -0.05) is 12.1 Å². The third-order valence-corrected chi connectivity index (χ3v) is 4.41. The number of aryl methyl sites for hydroxylation is 1. The van der Waals surface area contributed by atoms with Crippen LogP contribution in [0.1, 0.15) is 35.6 Å². The van der Waals surface area contributed by atoms with Crippen molar-refractivity contribution in [3.8, 4) is 5.69 Å². The van der Waals surface area contributed by atoms with Crippen LogP contribution < -0.4 is 5.43 Å². The van der Waals surface area contributed by atoms with E-state index in [4.69, 9.17) is 0 Å². The molecule has 1 aromatic carbocycles. The molecule has 10 heteroatoms. The molecule has 0 saturated heterocycles. The highest BCUT2D eigenvalue weighted by Gasteiger charge is 2.38. The Balaban J connectivity index is 2.67. The molecule has 0 bridgehead atoms. The van der Waals surface area contributed by atoms with Gasteiger partial charge in [0.1, 0.15) is 5.54 Å². The van der Waals surface area contributed by atoms with Crippen molar-refractivity contribution in [2.24, 2.45) is 0 Å². The number of hydrogen-bond acceptors (Lipinski definition) is 4. The predicted octanol–water partition coefficient (Wildman–Crippen LogP) is 2.49. The summed E-state index contributed by atoms with van der Waals surface area (Å²) in [5, 5.41) is 13.1. The van der Waals surface area contributed by atoms with Crippen molar-refractivity contribution in [3.05, 3.63) is 57.5 Å². The first-order chi connectivity index (χ1) is 12.8. The first kappa shape index (κ1) is 21.1. The zero-order valence-corrected chi connectivity index (χ0v) is 15.5. The second-order valence-corrected chi connectivity index (χ2v) is 6.65. The number of alkyl halides is 3. The summed E-state index contributed by atoms with van der Waals surface area (Å²) in [7, 11) is 1.17. The van der Waals surface area contributed by atoms with Gasteiger partial charge in [0.05, 0.1) is 11.3 Å². The monoisotopic (exact) mass is 397 g/mol. The van der Waals surface area contributed by atoms with Gasteiger partial charge in [-0.05, 0) is 32.9 Å². The van der Waals surface area contributed by atoms with Crippen LogP contribution in [0.15, 0.2) is 35.1 Å². The Bertz CT molecular complexity index is 996. The lowest BCUT2D eigenvalue weighted by Gasteiger charge is -2.31. The lowest BCUT2D eigenvalue weighted by atomic mass is 10.0. The molecule has 0 fully saturated rings. The Hall–Kier alpha value is -3.17. The summed E-state index contributed by atoms with van der Waals surface area (Å²) in [6.07, 6.45) is -4.68. The molecule has 0 spiro atoms. The average molecular weight is 397 g/mol. The lowest BCUT2D eigenvalue weighted by Crippen LogP contribution is -2.52. The number of aromatic nitrogens is 2. The minimum Gasteiger partial charge on any atom is -0.480 e. The molecule has 2 aromatic rings. The fourth-order valence-electron chi connectivity index (χ4n) is 2.39. The molecule has 0 saturated carbocycles. The molecule has 2 rings (SSSR count). The normalized spacial score (nSPS) is 12.0. The largest absolute Gasteiger partial charge is 0.480 e. The maximum atomic E-state index is 13.3. The van der Waals surface area contributed by atoms with Crippen molar-refractivity contribution in [1.29, 1.82) is 0 Å². The van der Waals surface area contributed by atoms with Crippen LogP contribution in [0, 0.1) is 6.92 Å². The molecule has 0 aliphatic carbocycles. The van der Waals surface area contributed by atoms with E-state index in [9.17, 15) is 32.7 Å². The topological polar surface area (TPSA) is 92.5 Å². The van der Waals surface area contributed by atoms with Gasteiger partial charge in [-0.2, -0.15) is 18.3 Å². The Kier molecular flexibility index (Phi) is 5.36. The lowest BCUT2D eigenvalue weighted by molar-refractivity contribution is -0.147. The van der Waals surface area contributed by atoms with Gasteiger partial charge in [-0.25, -0.2) is 9.48 Å². The van der Waals surface area contributed by atoms with Gasteiger partial charge < -0.3 is 10.0 Å². The first-order valence-corrected chi connectivity index (χ1v) is 8.07. The second-order valence-electron chi connectivity index (χ2n) is 6.65. The van der Waals surface area contributed by atoms with Crippen LogP contribution in [0.4, 0.5) is 13.2 Å². The van der Waals surface area contributed by atoms with Crippen LogP contribution in [-0.4, -0.2) is 44.3 Å². The van der Waals surface area contributed by atoms with E-state index in [1.165, 1.54) is 40.0 Å². The second kappa shape index (κ2) is 7.10. The molecule has 0 radical (unpaired) electrons. The number of hydrogen-bond donors (Lipinski definition) is 1. The van der Waals surface area contributed by atoms with Crippen LogP contribution in [0.25, 0.3) is 5.69 Å². The van der Waals surface area contributed by atoms with E-state index in [0.717, 1.165) is 27.8 Å². The van der Waals surface area contributed by atoms with E-state index >= 15 is 0 Å². The molecule has 150 valence electrons. The fraction of sp³-hybridized carbons (Fsp3) is 0.333. The Labute approximate surface area is 158 Å². The quantitative estimate of drug-likeness (QED) is 0.856. The number of rotatable bonds is 4. The van der Waals surface area contributed by atoms with Gasteiger partial charge in [0, 0.05) is 18.8 Å². The summed E-state index contributed by atoms with van der Waals surface area (Å²) >= 11 is 0. The van der Waals surface area contributed by atoms with Crippen molar-refractivity contribution in [2.75, 3.05) is 7.05 Å². The Morgan fingerprint density at radius 2 is 1.75 bits per heavy atom. The maximum Gasteiger partial charge on any atom is 0.418 e. The van der Waals surface area contributed by atoms with E-state index < -0.39 is 40.3 Å². The molecule has 0 unspecified atom stereocenters. The highest BCUT2D eigenvalue weighted by molar-refractivity contribution is 5.95. The summed E-state index contributed by atoms with van der Waals surface area (Å²) in [4.78, 5) is 37.1. The number of carboxylic acids is 1. The maximum absolute atomic E-state index is 13.3. The number of aliphatic carboxylic acids is 1. The highest BCUT2D eigenvalue weighted by atomic mass is 19.4. The first-order valence-electron chi connectivity index (χ1n) is 8.07. The van der Waals surface area contributed by atoms with Crippen LogP contribution in [-0.2, 0) is 11.0 Å². The molecule has 28 heavy (non-hydrogen) atoms. The van der Waals surface area contributed by atoms with E-state index in [2.05, 4.69) is 5.10 Å². The minimum atomic E-state index is -4.68. The Morgan fingerprint density at radius 3 is 2.29 bits per heavy atom. The SMILES string of the molecule is Cc1cc(=O)c(C(=O)N(C)C(C)(C)C(=O)O)nn1-c1ccccc1C(F)(F)F. The summed E-state index contributed by atoms with van der Waals surface area (Å²) in [5.41, 5.74) is -4.44. The zero-order valence-electron chi connectivity index (χ0n) is 15.5. The smallest absolute Gasteiger partial charge is 0.418 e. The van der Waals surface area contributed by atoms with Crippen molar-refractivity contribution in [1.82, 2.24) is 14.7 Å². The van der Waals surface area contributed by atoms with E-state index in [1.54, 1.807) is 0 Å². The van der Waals surface area contributed by atoms with Crippen LogP contribution in [0.3, 0.4) is 0 Å². The number of nitrogens with zero attached hydrogens (tertiary/aromatic N) is 3. The number of amides is 1. The van der Waals surface area contributed by atoms with E-state index in [0.29, 0.717) is 0 Å². The summed E-state index contributed by atoms with van der Waals surface area (Å²) in [6.45, 7) is 3.87. The van der Waals surface area contributed by atoms with Gasteiger partial charge in [0.25, 0.3) is 5.91 Å². The summed E-state index contributed by atoms with van der Waals surface area (Å²) < 4.78 is 40.8. The van der Waals surface area contributed by atoms with Crippen molar-refractivity contribution in [2.45, 2.75) is 32.5 Å². The number of likely N-dealkylation sites (N-methyl/N-ethyl adjacent to an activating group) is 1. The number of carboxylic acid groups (broad SMARTS) is 1. The molecule has 0 aliphatic rings. The predicted molar refractivity (Wildman–Crippen MR) is 93.4 cm³/mol. The number of halogens is 3. The molecular weight excluding hydrogens is 379 g/mol. The van der Waals surface area contributed by atoms with Crippen molar-refractivity contribution >= 4 is 11.9 Å². The molecular formula is C18H18F3N3O4. The standard InChI is InChI=1S/C18H18F3N3O4/c1-10-9-13(25)14(15(26)23(4)17(2,3)16(27)28)22-24(10)12-8-6-5-7-11(12)18(19,20)21/h5-9H,1-4H3,(H,27,28). The van der Waals surface area contributed by atoms with Crippen LogP contribution in [0.5, 0.6) is 0 Å². The number of para-hydroxylation sites is 1. The average Bonchev–Trinajstić information content (AvgIpc) is 2.59. The van der Waals surface area contributed by atoms with Gasteiger partial charge in [0.15, 0.2) is 5.69 Å². The van der Waals surface area contributed by atoms with Crippen molar-refractivity contribution < 1.29 is 27.9 Å². The van der Waals surface area contributed by atoms with Crippen LogP contribution >= 0.6 is 0 Å². The molecule has 1 amide bonds. The van der Waals surface area contributed by atoms with Crippen LogP contribution in [0.2, 0.25) is 0 Å². The third-order valence-electron chi connectivity index (χ3n) is 4.41. The van der Waals surface area contributed by atoms with Gasteiger partial charge >= 0.3 is 12.1 Å². The number of carbonyl (C=O) groups is 2.